The highest BCUT2D eigenvalue weighted by Gasteiger charge is 2.20. The van der Waals surface area contributed by atoms with Crippen LogP contribution in [0.5, 0.6) is 0 Å². The largest absolute Gasteiger partial charge is 0.303 e. The molecule has 1 aromatic carbocycles. The summed E-state index contributed by atoms with van der Waals surface area (Å²) in [4.78, 5) is 15.3. The Labute approximate surface area is 147 Å². The van der Waals surface area contributed by atoms with Crippen molar-refractivity contribution in [1.29, 1.82) is 0 Å². The average Bonchev–Trinajstić information content (AvgIpc) is 2.63. The number of hydrogen-bond donors (Lipinski definition) is 0. The lowest BCUT2D eigenvalue weighted by atomic mass is 9.80. The van der Waals surface area contributed by atoms with Crippen molar-refractivity contribution in [2.45, 2.75) is 38.5 Å². The van der Waals surface area contributed by atoms with Gasteiger partial charge < -0.3 is 4.79 Å². The number of aryl methyl sites for hydroxylation is 1. The molecule has 3 rings (SSSR count). The molecular weight excluding hydrogens is 325 g/mol. The van der Waals surface area contributed by atoms with Gasteiger partial charge in [0.25, 0.3) is 0 Å². The van der Waals surface area contributed by atoms with Crippen LogP contribution in [0, 0.1) is 17.7 Å². The quantitative estimate of drug-likeness (QED) is 0.672. The molecule has 1 heterocycles. The minimum Gasteiger partial charge on any atom is -0.303 e. The van der Waals surface area contributed by atoms with Crippen molar-refractivity contribution >= 4 is 17.9 Å². The second kappa shape index (κ2) is 7.89. The number of halogens is 2. The van der Waals surface area contributed by atoms with Crippen LogP contribution in [0.4, 0.5) is 4.39 Å². The predicted octanol–water partition coefficient (Wildman–Crippen LogP) is 5.48. The maximum absolute atomic E-state index is 13.2. The molecule has 1 fully saturated rings. The van der Waals surface area contributed by atoms with Gasteiger partial charge >= 0.3 is 0 Å². The molecule has 4 heteroatoms. The Kier molecular flexibility index (Phi) is 5.62. The summed E-state index contributed by atoms with van der Waals surface area (Å²) in [6.45, 7) is 0. The number of carbonyl (C=O) groups excluding carboxylic acids is 1. The molecule has 0 aliphatic heterocycles. The Hall–Kier alpha value is -1.74. The van der Waals surface area contributed by atoms with Gasteiger partial charge in [-0.3, -0.25) is 4.98 Å². The van der Waals surface area contributed by atoms with E-state index >= 15 is 0 Å². The van der Waals surface area contributed by atoms with Crippen molar-refractivity contribution in [2.75, 3.05) is 0 Å². The van der Waals surface area contributed by atoms with Crippen LogP contribution in [0.1, 0.15) is 37.7 Å². The van der Waals surface area contributed by atoms with E-state index in [1.54, 1.807) is 12.1 Å². The van der Waals surface area contributed by atoms with Crippen LogP contribution in [-0.2, 0) is 11.2 Å². The summed E-state index contributed by atoms with van der Waals surface area (Å²) in [5.41, 5.74) is 2.83. The van der Waals surface area contributed by atoms with Crippen LogP contribution in [0.15, 0.2) is 36.5 Å². The smallest absolute Gasteiger partial charge is 0.141 e. The molecule has 0 spiro atoms. The van der Waals surface area contributed by atoms with Crippen molar-refractivity contribution in [3.63, 3.8) is 0 Å². The first-order chi connectivity index (χ1) is 11.7. The summed E-state index contributed by atoms with van der Waals surface area (Å²) in [5, 5.41) is 0.115. The van der Waals surface area contributed by atoms with Crippen LogP contribution in [0.25, 0.3) is 11.3 Å². The fraction of sp³-hybridized carbons (Fsp3) is 0.400. The molecule has 1 aliphatic carbocycles. The first-order valence-electron chi connectivity index (χ1n) is 8.51. The topological polar surface area (TPSA) is 30.0 Å². The maximum Gasteiger partial charge on any atom is 0.141 e. The Balaban J connectivity index is 1.57. The van der Waals surface area contributed by atoms with E-state index in [0.29, 0.717) is 0 Å². The number of pyridine rings is 1. The zero-order valence-electron chi connectivity index (χ0n) is 13.6. The molecular formula is C20H21ClFNO. The highest BCUT2D eigenvalue weighted by atomic mass is 35.5. The van der Waals surface area contributed by atoms with Gasteiger partial charge in [0.05, 0.1) is 10.7 Å². The van der Waals surface area contributed by atoms with E-state index in [-0.39, 0.29) is 10.9 Å². The number of aldehydes is 1. The van der Waals surface area contributed by atoms with Crippen molar-refractivity contribution in [3.05, 3.63) is 52.9 Å². The van der Waals surface area contributed by atoms with Gasteiger partial charge in [-0.2, -0.15) is 0 Å². The molecule has 0 N–H and O–H groups in total. The molecule has 1 aliphatic rings. The molecule has 1 saturated carbocycles. The molecule has 0 radical (unpaired) electrons. The van der Waals surface area contributed by atoms with E-state index in [1.165, 1.54) is 11.6 Å². The minimum atomic E-state index is -0.415. The fourth-order valence-electron chi connectivity index (χ4n) is 3.38. The second-order valence-electron chi connectivity index (χ2n) is 6.64. The van der Waals surface area contributed by atoms with Crippen molar-refractivity contribution in [2.24, 2.45) is 11.8 Å². The van der Waals surface area contributed by atoms with Crippen LogP contribution >= 0.6 is 11.6 Å². The standard InChI is InChI=1S/C20H21ClFNO/c21-18-11-17(8-9-19(18)22)20-10-7-15(12-23-20)4-1-14-2-5-16(13-24)6-3-14/h7-14,16H,1-6H2/t14-,16-. The summed E-state index contributed by atoms with van der Waals surface area (Å²) < 4.78 is 13.2. The second-order valence-corrected chi connectivity index (χ2v) is 7.04. The highest BCUT2D eigenvalue weighted by molar-refractivity contribution is 6.31. The lowest BCUT2D eigenvalue weighted by Crippen LogP contribution is -2.15. The van der Waals surface area contributed by atoms with Crippen LogP contribution < -0.4 is 0 Å². The van der Waals surface area contributed by atoms with E-state index in [2.05, 4.69) is 11.1 Å². The predicted molar refractivity (Wildman–Crippen MR) is 94.5 cm³/mol. The first-order valence-corrected chi connectivity index (χ1v) is 8.89. The molecule has 0 amide bonds. The first kappa shape index (κ1) is 17.1. The molecule has 2 aromatic rings. The van der Waals surface area contributed by atoms with E-state index < -0.39 is 5.82 Å². The third-order valence-corrected chi connectivity index (χ3v) is 5.25. The van der Waals surface area contributed by atoms with E-state index in [0.717, 1.165) is 62.0 Å². The summed E-state index contributed by atoms with van der Waals surface area (Å²) in [7, 11) is 0. The van der Waals surface area contributed by atoms with Gasteiger partial charge in [-0.1, -0.05) is 17.7 Å². The highest BCUT2D eigenvalue weighted by Crippen LogP contribution is 2.31. The molecule has 0 unspecified atom stereocenters. The zero-order valence-corrected chi connectivity index (χ0v) is 14.3. The minimum absolute atomic E-state index is 0.115. The number of aromatic nitrogens is 1. The van der Waals surface area contributed by atoms with Gasteiger partial charge in [-0.05, 0) is 74.3 Å². The lowest BCUT2D eigenvalue weighted by Gasteiger charge is -2.25. The van der Waals surface area contributed by atoms with Crippen molar-refractivity contribution in [1.82, 2.24) is 4.98 Å². The summed E-state index contributed by atoms with van der Waals surface area (Å²) in [6.07, 6.45) is 9.55. The zero-order chi connectivity index (χ0) is 16.9. The summed E-state index contributed by atoms with van der Waals surface area (Å²) >= 11 is 5.83. The fourth-order valence-corrected chi connectivity index (χ4v) is 3.56. The number of carbonyl (C=O) groups is 1. The monoisotopic (exact) mass is 345 g/mol. The summed E-state index contributed by atoms with van der Waals surface area (Å²) in [5.74, 6) is 0.586. The van der Waals surface area contributed by atoms with Crippen LogP contribution in [-0.4, -0.2) is 11.3 Å². The van der Waals surface area contributed by atoms with Crippen LogP contribution in [0.2, 0.25) is 5.02 Å². The SMILES string of the molecule is O=C[C@H]1CC[C@H](CCc2ccc(-c3ccc(F)c(Cl)c3)nc2)CC1. The number of hydrogen-bond acceptors (Lipinski definition) is 2. The Morgan fingerprint density at radius 3 is 2.58 bits per heavy atom. The third kappa shape index (κ3) is 4.21. The van der Waals surface area contributed by atoms with Gasteiger partial charge in [-0.25, -0.2) is 4.39 Å². The average molecular weight is 346 g/mol. The number of rotatable bonds is 5. The van der Waals surface area contributed by atoms with Gasteiger partial charge in [0.15, 0.2) is 0 Å². The molecule has 24 heavy (non-hydrogen) atoms. The third-order valence-electron chi connectivity index (χ3n) is 4.97. The van der Waals surface area contributed by atoms with Gasteiger partial charge in [0.1, 0.15) is 12.1 Å². The van der Waals surface area contributed by atoms with E-state index in [1.807, 2.05) is 12.3 Å². The van der Waals surface area contributed by atoms with Crippen molar-refractivity contribution < 1.29 is 9.18 Å². The Bertz CT molecular complexity index is 693. The molecule has 1 aromatic heterocycles. The molecule has 0 bridgehead atoms. The number of nitrogens with zero attached hydrogens (tertiary/aromatic N) is 1. The Morgan fingerprint density at radius 2 is 1.96 bits per heavy atom. The normalized spacial score (nSPS) is 20.8. The molecule has 126 valence electrons. The van der Waals surface area contributed by atoms with Gasteiger partial charge in [-0.15, -0.1) is 0 Å². The lowest BCUT2D eigenvalue weighted by molar-refractivity contribution is -0.112. The van der Waals surface area contributed by atoms with Gasteiger partial charge in [0, 0.05) is 17.7 Å². The van der Waals surface area contributed by atoms with E-state index in [9.17, 15) is 9.18 Å². The number of benzene rings is 1. The molecule has 2 nitrogen and oxygen atoms in total. The Morgan fingerprint density at radius 1 is 1.17 bits per heavy atom. The molecule has 0 saturated heterocycles. The molecule has 0 atom stereocenters. The maximum atomic E-state index is 13.2. The van der Waals surface area contributed by atoms with E-state index in [4.69, 9.17) is 11.6 Å². The van der Waals surface area contributed by atoms with Crippen LogP contribution in [0.3, 0.4) is 0 Å². The van der Waals surface area contributed by atoms with Crippen molar-refractivity contribution in [3.8, 4) is 11.3 Å². The van der Waals surface area contributed by atoms with Gasteiger partial charge in [0.2, 0.25) is 0 Å². The summed E-state index contributed by atoms with van der Waals surface area (Å²) in [6, 6.07) is 8.70.